The summed E-state index contributed by atoms with van der Waals surface area (Å²) >= 11 is 2.88. The Kier molecular flexibility index (Phi) is 3.09. The molecule has 0 aliphatic heterocycles. The van der Waals surface area contributed by atoms with Crippen molar-refractivity contribution in [2.24, 2.45) is 0 Å². The lowest BCUT2D eigenvalue weighted by Crippen LogP contribution is -2.12. The summed E-state index contributed by atoms with van der Waals surface area (Å²) in [5.74, 6) is 0. The van der Waals surface area contributed by atoms with Crippen molar-refractivity contribution in [3.63, 3.8) is 0 Å². The van der Waals surface area contributed by atoms with Crippen LogP contribution >= 0.6 is 15.9 Å². The average molecular weight is 268 g/mol. The highest BCUT2D eigenvalue weighted by molar-refractivity contribution is 9.10. The van der Waals surface area contributed by atoms with Crippen molar-refractivity contribution >= 4 is 21.6 Å². The number of nitrogens with zero attached hydrogens (tertiary/aromatic N) is 1. The van der Waals surface area contributed by atoms with Crippen molar-refractivity contribution in [1.82, 2.24) is 0 Å². The normalized spacial score (nSPS) is 11.6. The smallest absolute Gasteiger partial charge is 0.378 e. The van der Waals surface area contributed by atoms with Gasteiger partial charge in [-0.2, -0.15) is 13.2 Å². The summed E-state index contributed by atoms with van der Waals surface area (Å²) in [7, 11) is 3.40. The molecule has 0 unspecified atom stereocenters. The van der Waals surface area contributed by atoms with Crippen LogP contribution in [0.3, 0.4) is 0 Å². The molecule has 0 amide bonds. The van der Waals surface area contributed by atoms with E-state index in [1.54, 1.807) is 25.1 Å². The zero-order valence-electron chi connectivity index (χ0n) is 7.69. The van der Waals surface area contributed by atoms with Gasteiger partial charge in [-0.3, -0.25) is 0 Å². The summed E-state index contributed by atoms with van der Waals surface area (Å²) in [5, 5.41) is 0. The second-order valence-electron chi connectivity index (χ2n) is 3.06. The molecule has 0 fully saturated rings. The Morgan fingerprint density at radius 1 is 1.21 bits per heavy atom. The first-order chi connectivity index (χ1) is 6.32. The average Bonchev–Trinajstić information content (AvgIpc) is 2.02. The fraction of sp³-hybridized carbons (Fsp3) is 0.333. The van der Waals surface area contributed by atoms with Gasteiger partial charge in [0.15, 0.2) is 0 Å². The maximum absolute atomic E-state index is 12.4. The fourth-order valence-electron chi connectivity index (χ4n) is 1.01. The van der Waals surface area contributed by atoms with Crippen LogP contribution in [0.1, 0.15) is 5.56 Å². The third-order valence-electron chi connectivity index (χ3n) is 1.77. The molecule has 0 atom stereocenters. The highest BCUT2D eigenvalue weighted by atomic mass is 79.9. The molecule has 0 N–H and O–H groups in total. The SMILES string of the molecule is CN(C)c1ccc(Br)c(C(F)(F)F)c1. The van der Waals surface area contributed by atoms with Crippen LogP contribution in [-0.2, 0) is 6.18 Å². The molecule has 0 aromatic heterocycles. The molecule has 5 heteroatoms. The molecule has 0 aliphatic carbocycles. The van der Waals surface area contributed by atoms with Crippen molar-refractivity contribution in [1.29, 1.82) is 0 Å². The highest BCUT2D eigenvalue weighted by Crippen LogP contribution is 2.36. The molecule has 0 spiro atoms. The molecule has 0 radical (unpaired) electrons. The molecule has 0 saturated heterocycles. The van der Waals surface area contributed by atoms with Crippen molar-refractivity contribution in [3.05, 3.63) is 28.2 Å². The summed E-state index contributed by atoms with van der Waals surface area (Å²) in [6.45, 7) is 0. The lowest BCUT2D eigenvalue weighted by Gasteiger charge is -2.16. The lowest BCUT2D eigenvalue weighted by molar-refractivity contribution is -0.138. The van der Waals surface area contributed by atoms with E-state index in [1.165, 1.54) is 6.07 Å². The van der Waals surface area contributed by atoms with Crippen LogP contribution in [0.2, 0.25) is 0 Å². The zero-order chi connectivity index (χ0) is 10.9. The Hall–Kier alpha value is -0.710. The van der Waals surface area contributed by atoms with E-state index in [1.807, 2.05) is 0 Å². The number of benzene rings is 1. The fourth-order valence-corrected chi connectivity index (χ4v) is 1.48. The summed E-state index contributed by atoms with van der Waals surface area (Å²) in [4.78, 5) is 1.63. The molecule has 0 saturated carbocycles. The zero-order valence-corrected chi connectivity index (χ0v) is 9.28. The molecule has 14 heavy (non-hydrogen) atoms. The number of alkyl halides is 3. The van der Waals surface area contributed by atoms with E-state index in [0.717, 1.165) is 6.07 Å². The second kappa shape index (κ2) is 3.81. The number of anilines is 1. The Bertz CT molecular complexity index is 333. The van der Waals surface area contributed by atoms with Gasteiger partial charge < -0.3 is 4.90 Å². The van der Waals surface area contributed by atoms with Crippen LogP contribution in [0.25, 0.3) is 0 Å². The summed E-state index contributed by atoms with van der Waals surface area (Å²) < 4.78 is 37.4. The third kappa shape index (κ3) is 2.41. The number of halogens is 4. The molecule has 78 valence electrons. The minimum Gasteiger partial charge on any atom is -0.378 e. The highest BCUT2D eigenvalue weighted by Gasteiger charge is 2.33. The van der Waals surface area contributed by atoms with Crippen LogP contribution in [-0.4, -0.2) is 14.1 Å². The van der Waals surface area contributed by atoms with Crippen molar-refractivity contribution in [2.45, 2.75) is 6.18 Å². The van der Waals surface area contributed by atoms with Gasteiger partial charge in [-0.15, -0.1) is 0 Å². The van der Waals surface area contributed by atoms with Crippen LogP contribution < -0.4 is 4.90 Å². The molecule has 1 rings (SSSR count). The quantitative estimate of drug-likeness (QED) is 0.753. The number of hydrogen-bond donors (Lipinski definition) is 0. The Balaban J connectivity index is 3.22. The van der Waals surface area contributed by atoms with Crippen LogP contribution in [0.15, 0.2) is 22.7 Å². The van der Waals surface area contributed by atoms with Gasteiger partial charge in [0.05, 0.1) is 5.56 Å². The standard InChI is InChI=1S/C9H9BrF3N/c1-14(2)6-3-4-8(10)7(5-6)9(11,12)13/h3-5H,1-2H3. The van der Waals surface area contributed by atoms with Gasteiger partial charge in [0.25, 0.3) is 0 Å². The van der Waals surface area contributed by atoms with E-state index >= 15 is 0 Å². The molecule has 1 aromatic carbocycles. The van der Waals surface area contributed by atoms with E-state index in [9.17, 15) is 13.2 Å². The maximum atomic E-state index is 12.4. The summed E-state index contributed by atoms with van der Waals surface area (Å²) in [6, 6.07) is 4.14. The molecule has 0 aliphatic rings. The van der Waals surface area contributed by atoms with Crippen molar-refractivity contribution in [3.8, 4) is 0 Å². The minimum atomic E-state index is -4.31. The topological polar surface area (TPSA) is 3.24 Å². The van der Waals surface area contributed by atoms with Gasteiger partial charge in [-0.05, 0) is 18.2 Å². The molecular weight excluding hydrogens is 259 g/mol. The Morgan fingerprint density at radius 2 is 1.79 bits per heavy atom. The van der Waals surface area contributed by atoms with Gasteiger partial charge in [0.1, 0.15) is 0 Å². The number of rotatable bonds is 1. The largest absolute Gasteiger partial charge is 0.417 e. The van der Waals surface area contributed by atoms with Gasteiger partial charge >= 0.3 is 6.18 Å². The summed E-state index contributed by atoms with van der Waals surface area (Å²) in [6.07, 6.45) is -4.31. The van der Waals surface area contributed by atoms with E-state index in [4.69, 9.17) is 0 Å². The molecule has 0 bridgehead atoms. The lowest BCUT2D eigenvalue weighted by atomic mass is 10.2. The first-order valence-corrected chi connectivity index (χ1v) is 4.65. The first kappa shape index (κ1) is 11.4. The first-order valence-electron chi connectivity index (χ1n) is 3.86. The van der Waals surface area contributed by atoms with Gasteiger partial charge in [0, 0.05) is 24.3 Å². The molecular formula is C9H9BrF3N. The summed E-state index contributed by atoms with van der Waals surface area (Å²) in [5.41, 5.74) is -0.121. The van der Waals surface area contributed by atoms with Gasteiger partial charge in [-0.1, -0.05) is 15.9 Å². The number of hydrogen-bond acceptors (Lipinski definition) is 1. The third-order valence-corrected chi connectivity index (χ3v) is 2.46. The van der Waals surface area contributed by atoms with E-state index < -0.39 is 11.7 Å². The van der Waals surface area contributed by atoms with Crippen LogP contribution in [0.4, 0.5) is 18.9 Å². The monoisotopic (exact) mass is 267 g/mol. The molecule has 0 heterocycles. The predicted molar refractivity (Wildman–Crippen MR) is 53.5 cm³/mol. The van der Waals surface area contributed by atoms with Crippen molar-refractivity contribution in [2.75, 3.05) is 19.0 Å². The second-order valence-corrected chi connectivity index (χ2v) is 3.91. The van der Waals surface area contributed by atoms with Crippen molar-refractivity contribution < 1.29 is 13.2 Å². The Morgan fingerprint density at radius 3 is 2.21 bits per heavy atom. The van der Waals surface area contributed by atoms with Crippen LogP contribution in [0.5, 0.6) is 0 Å². The van der Waals surface area contributed by atoms with E-state index in [-0.39, 0.29) is 4.47 Å². The minimum absolute atomic E-state index is 0.0654. The Labute approximate surface area is 88.7 Å². The molecule has 1 aromatic rings. The van der Waals surface area contributed by atoms with Crippen LogP contribution in [0, 0.1) is 0 Å². The van der Waals surface area contributed by atoms with Gasteiger partial charge in [0.2, 0.25) is 0 Å². The van der Waals surface area contributed by atoms with E-state index in [2.05, 4.69) is 15.9 Å². The molecule has 1 nitrogen and oxygen atoms in total. The van der Waals surface area contributed by atoms with E-state index in [0.29, 0.717) is 5.69 Å². The maximum Gasteiger partial charge on any atom is 0.417 e. The predicted octanol–water partition coefficient (Wildman–Crippen LogP) is 3.53. The van der Waals surface area contributed by atoms with Gasteiger partial charge in [-0.25, -0.2) is 0 Å².